The lowest BCUT2D eigenvalue weighted by Crippen LogP contribution is -2.57. The number of aliphatic hydroxyl groups is 1. The number of aromatic hydroxyl groups is 1. The molecule has 3 aromatic carbocycles. The van der Waals surface area contributed by atoms with Crippen LogP contribution in [-0.4, -0.2) is 72.7 Å². The van der Waals surface area contributed by atoms with Crippen molar-refractivity contribution in [2.75, 3.05) is 6.54 Å². The molecule has 5 aromatic rings. The summed E-state index contributed by atoms with van der Waals surface area (Å²) in [4.78, 5) is 47.8. The summed E-state index contributed by atoms with van der Waals surface area (Å²) >= 11 is 1.57. The molecule has 0 bridgehead atoms. The van der Waals surface area contributed by atoms with Gasteiger partial charge in [0.2, 0.25) is 11.8 Å². The number of likely N-dealkylation sites (tertiary alicyclic amines) is 1. The van der Waals surface area contributed by atoms with Gasteiger partial charge in [-0.2, -0.15) is 10.2 Å². The lowest BCUT2D eigenvalue weighted by molar-refractivity contribution is -0.142. The number of rotatable bonds is 9. The van der Waals surface area contributed by atoms with Crippen LogP contribution in [0.5, 0.6) is 5.75 Å². The molecule has 3 atom stereocenters. The molecule has 0 unspecified atom stereocenters. The number of aliphatic hydroxyl groups excluding tert-OH is 1. The van der Waals surface area contributed by atoms with Crippen molar-refractivity contribution in [1.29, 1.82) is 0 Å². The molecule has 11 nitrogen and oxygen atoms in total. The van der Waals surface area contributed by atoms with Crippen LogP contribution in [0, 0.1) is 12.3 Å². The minimum absolute atomic E-state index is 0.0142. The van der Waals surface area contributed by atoms with Crippen LogP contribution in [-0.2, 0) is 16.1 Å². The molecular weight excluding hydrogens is 665 g/mol. The molecule has 0 saturated carbocycles. The number of aromatic nitrogens is 3. The average molecular weight is 705 g/mol. The summed E-state index contributed by atoms with van der Waals surface area (Å²) in [6.45, 7) is 7.74. The van der Waals surface area contributed by atoms with Gasteiger partial charge in [0.25, 0.3) is 5.91 Å². The fourth-order valence-electron chi connectivity index (χ4n) is 6.16. The molecule has 6 rings (SSSR count). The molecule has 1 aliphatic rings. The number of phenols is 1. The van der Waals surface area contributed by atoms with Crippen molar-refractivity contribution in [3.05, 3.63) is 107 Å². The highest BCUT2D eigenvalue weighted by Gasteiger charge is 2.44. The van der Waals surface area contributed by atoms with Gasteiger partial charge in [0, 0.05) is 36.2 Å². The fourth-order valence-corrected chi connectivity index (χ4v) is 6.97. The van der Waals surface area contributed by atoms with E-state index in [9.17, 15) is 24.6 Å². The predicted octanol–water partition coefficient (Wildman–Crippen LogP) is 5.37. The normalized spacial score (nSPS) is 16.5. The van der Waals surface area contributed by atoms with Crippen molar-refractivity contribution in [2.24, 2.45) is 5.41 Å². The Morgan fingerprint density at radius 2 is 1.69 bits per heavy atom. The number of hydrogen-bond donors (Lipinski definition) is 4. The highest BCUT2D eigenvalue weighted by molar-refractivity contribution is 7.13. The van der Waals surface area contributed by atoms with Gasteiger partial charge < -0.3 is 25.7 Å². The van der Waals surface area contributed by atoms with Crippen LogP contribution in [0.2, 0.25) is 0 Å². The summed E-state index contributed by atoms with van der Waals surface area (Å²) in [7, 11) is 0. The Bertz CT molecular complexity index is 2040. The number of nitrogens with one attached hydrogen (secondary N) is 2. The first-order valence-electron chi connectivity index (χ1n) is 16.7. The van der Waals surface area contributed by atoms with Gasteiger partial charge in [0.15, 0.2) is 0 Å². The van der Waals surface area contributed by atoms with Crippen LogP contribution in [0.15, 0.2) is 90.6 Å². The van der Waals surface area contributed by atoms with Crippen molar-refractivity contribution in [3.63, 3.8) is 0 Å². The van der Waals surface area contributed by atoms with E-state index < -0.39 is 35.4 Å². The molecule has 262 valence electrons. The first-order valence-corrected chi connectivity index (χ1v) is 17.5. The minimum atomic E-state index is -0.974. The van der Waals surface area contributed by atoms with E-state index in [1.54, 1.807) is 66.1 Å². The summed E-state index contributed by atoms with van der Waals surface area (Å²) < 4.78 is 0. The molecule has 0 aliphatic carbocycles. The van der Waals surface area contributed by atoms with E-state index >= 15 is 0 Å². The molecule has 1 fully saturated rings. The second-order valence-electron chi connectivity index (χ2n) is 13.8. The predicted molar refractivity (Wildman–Crippen MR) is 196 cm³/mol. The van der Waals surface area contributed by atoms with Crippen molar-refractivity contribution in [1.82, 2.24) is 30.7 Å². The van der Waals surface area contributed by atoms with Gasteiger partial charge in [-0.05, 0) is 59.4 Å². The maximum absolute atomic E-state index is 14.1. The Kier molecular flexibility index (Phi) is 10.3. The topological polar surface area (TPSA) is 158 Å². The maximum atomic E-state index is 14.1. The van der Waals surface area contributed by atoms with Crippen molar-refractivity contribution in [3.8, 4) is 38.6 Å². The summed E-state index contributed by atoms with van der Waals surface area (Å²) in [5, 5.41) is 34.9. The van der Waals surface area contributed by atoms with Crippen molar-refractivity contribution >= 4 is 29.1 Å². The smallest absolute Gasteiger partial charge is 0.251 e. The zero-order valence-corrected chi connectivity index (χ0v) is 29.6. The number of benzene rings is 3. The molecule has 51 heavy (non-hydrogen) atoms. The van der Waals surface area contributed by atoms with Crippen LogP contribution in [0.4, 0.5) is 0 Å². The first-order chi connectivity index (χ1) is 24.4. The summed E-state index contributed by atoms with van der Waals surface area (Å²) in [6.07, 6.45) is 0.831. The summed E-state index contributed by atoms with van der Waals surface area (Å²) in [5.74, 6) is -1.16. The van der Waals surface area contributed by atoms with E-state index in [-0.39, 0.29) is 31.2 Å². The molecule has 2 aromatic heterocycles. The molecule has 1 aliphatic heterocycles. The highest BCUT2D eigenvalue weighted by atomic mass is 32.1. The number of aryl methyl sites for hydroxylation is 1. The standard InChI is InChI=1S/C39H40N6O5S/c1-23-34(51-22-41-23)26-11-9-24(10-12-26)19-40-37(49)32-18-29(46)21-45(32)38(50)35(39(2,3)4)43-36(48)27-15-13-25(14-16-27)28-17-31(44-42-20-28)30-7-5-6-8-33(30)47/h5-17,20,22,29,32,35,46-47H,18-19,21H2,1-4H3,(H,40,49)(H,43,48)/t29-,32+,35-/m1/s1. The molecule has 3 amide bonds. The molecule has 0 spiro atoms. The second kappa shape index (κ2) is 14.8. The third kappa shape index (κ3) is 7.97. The van der Waals surface area contributed by atoms with E-state index in [0.717, 1.165) is 32.8 Å². The number of β-amino-alcohol motifs (C(OH)–C–C–N with tert-alkyl or cyclic N) is 1. The number of carbonyl (C=O) groups excluding carboxylic acids is 3. The zero-order chi connectivity index (χ0) is 36.3. The summed E-state index contributed by atoms with van der Waals surface area (Å²) in [6, 6.07) is 21.6. The van der Waals surface area contributed by atoms with E-state index in [0.29, 0.717) is 16.8 Å². The van der Waals surface area contributed by atoms with E-state index in [2.05, 4.69) is 25.8 Å². The summed E-state index contributed by atoms with van der Waals surface area (Å²) in [5.41, 5.74) is 6.96. The van der Waals surface area contributed by atoms with E-state index in [1.165, 1.54) is 4.90 Å². The van der Waals surface area contributed by atoms with Gasteiger partial charge in [-0.3, -0.25) is 14.4 Å². The number of phenolic OH excluding ortho intramolecular Hbond substituents is 1. The SMILES string of the molecule is Cc1ncsc1-c1ccc(CNC(=O)[C@@H]2C[C@@H](O)CN2C(=O)[C@@H](NC(=O)c2ccc(-c3cnnc(-c4ccccc4O)c3)cc2)C(C)(C)C)cc1. The van der Waals surface area contributed by atoms with Gasteiger partial charge in [-0.1, -0.05) is 69.3 Å². The Morgan fingerprint density at radius 1 is 0.980 bits per heavy atom. The van der Waals surface area contributed by atoms with Crippen molar-refractivity contribution in [2.45, 2.75) is 58.8 Å². The van der Waals surface area contributed by atoms with E-state index in [1.807, 2.05) is 63.5 Å². The van der Waals surface area contributed by atoms with Gasteiger partial charge in [-0.15, -0.1) is 11.3 Å². The zero-order valence-electron chi connectivity index (χ0n) is 28.8. The number of hydrogen-bond acceptors (Lipinski definition) is 9. The Hall–Kier alpha value is -5.46. The molecule has 3 heterocycles. The van der Waals surface area contributed by atoms with Crippen molar-refractivity contribution < 1.29 is 24.6 Å². The Morgan fingerprint density at radius 3 is 2.35 bits per heavy atom. The van der Waals surface area contributed by atoms with Gasteiger partial charge in [0.05, 0.1) is 34.1 Å². The van der Waals surface area contributed by atoms with Gasteiger partial charge in [-0.25, -0.2) is 4.98 Å². The van der Waals surface area contributed by atoms with Gasteiger partial charge in [0.1, 0.15) is 17.8 Å². The van der Waals surface area contributed by atoms with Crippen LogP contribution in [0.1, 0.15) is 48.8 Å². The Balaban J connectivity index is 1.12. The third-order valence-corrected chi connectivity index (χ3v) is 9.97. The number of carbonyl (C=O) groups is 3. The number of amides is 3. The maximum Gasteiger partial charge on any atom is 0.251 e. The number of thiazole rings is 1. The quantitative estimate of drug-likeness (QED) is 0.160. The van der Waals surface area contributed by atoms with E-state index in [4.69, 9.17) is 0 Å². The van der Waals surface area contributed by atoms with Crippen LogP contribution >= 0.6 is 11.3 Å². The lowest BCUT2D eigenvalue weighted by Gasteiger charge is -2.35. The fraction of sp³-hybridized carbons (Fsp3) is 0.282. The average Bonchev–Trinajstić information content (AvgIpc) is 3.74. The molecule has 1 saturated heterocycles. The molecule has 12 heteroatoms. The Labute approximate surface area is 300 Å². The number of nitrogens with zero attached hydrogens (tertiary/aromatic N) is 4. The molecule has 0 radical (unpaired) electrons. The highest BCUT2D eigenvalue weighted by Crippen LogP contribution is 2.31. The van der Waals surface area contributed by atoms with Crippen LogP contribution < -0.4 is 10.6 Å². The van der Waals surface area contributed by atoms with Crippen LogP contribution in [0.3, 0.4) is 0 Å². The molecular formula is C39H40N6O5S. The monoisotopic (exact) mass is 704 g/mol. The largest absolute Gasteiger partial charge is 0.507 e. The third-order valence-electron chi connectivity index (χ3n) is 9.00. The number of para-hydroxylation sites is 1. The van der Waals surface area contributed by atoms with Crippen LogP contribution in [0.25, 0.3) is 32.8 Å². The lowest BCUT2D eigenvalue weighted by atomic mass is 9.85. The second-order valence-corrected chi connectivity index (χ2v) is 14.6. The first kappa shape index (κ1) is 35.4. The molecule has 4 N–H and O–H groups in total. The van der Waals surface area contributed by atoms with Gasteiger partial charge >= 0.3 is 0 Å². The minimum Gasteiger partial charge on any atom is -0.507 e.